The SMILES string of the molecule is COCCN1C[C@@H](NC(=O)Nc2oc(C(C)C)nc2-c2ccccc2)[C@H](c2ccccc2)C1. The van der Waals surface area contributed by atoms with E-state index in [1.165, 1.54) is 5.56 Å². The Morgan fingerprint density at radius 1 is 1.12 bits per heavy atom. The fourth-order valence-corrected chi connectivity index (χ4v) is 4.24. The number of methoxy groups -OCH3 is 1. The second-order valence-electron chi connectivity index (χ2n) is 8.73. The number of benzene rings is 2. The third kappa shape index (κ3) is 5.61. The zero-order valence-corrected chi connectivity index (χ0v) is 19.5. The van der Waals surface area contributed by atoms with Gasteiger partial charge in [-0.05, 0) is 5.56 Å². The van der Waals surface area contributed by atoms with E-state index in [0.29, 0.717) is 24.1 Å². The van der Waals surface area contributed by atoms with Crippen LogP contribution in [0.25, 0.3) is 11.3 Å². The molecule has 0 unspecified atom stereocenters. The Morgan fingerprint density at radius 3 is 2.48 bits per heavy atom. The number of carbonyl (C=O) groups is 1. The lowest BCUT2D eigenvalue weighted by atomic mass is 9.94. The van der Waals surface area contributed by atoms with Crippen LogP contribution in [0.3, 0.4) is 0 Å². The molecular weight excluding hydrogens is 416 g/mol. The van der Waals surface area contributed by atoms with Crippen molar-refractivity contribution >= 4 is 11.9 Å². The van der Waals surface area contributed by atoms with Gasteiger partial charge in [0.15, 0.2) is 5.89 Å². The highest BCUT2D eigenvalue weighted by atomic mass is 16.5. The Morgan fingerprint density at radius 2 is 1.82 bits per heavy atom. The highest BCUT2D eigenvalue weighted by Gasteiger charge is 2.35. The van der Waals surface area contributed by atoms with Crippen LogP contribution in [0.1, 0.15) is 37.1 Å². The van der Waals surface area contributed by atoms with Crippen molar-refractivity contribution in [1.29, 1.82) is 0 Å². The third-order valence-corrected chi connectivity index (χ3v) is 5.96. The van der Waals surface area contributed by atoms with E-state index in [-0.39, 0.29) is 23.9 Å². The van der Waals surface area contributed by atoms with Crippen molar-refractivity contribution in [2.24, 2.45) is 0 Å². The summed E-state index contributed by atoms with van der Waals surface area (Å²) in [5.74, 6) is 1.27. The lowest BCUT2D eigenvalue weighted by molar-refractivity contribution is 0.159. The molecule has 2 heterocycles. The molecule has 2 amide bonds. The van der Waals surface area contributed by atoms with Gasteiger partial charge in [-0.3, -0.25) is 10.2 Å². The second kappa shape index (κ2) is 10.6. The van der Waals surface area contributed by atoms with Crippen LogP contribution < -0.4 is 10.6 Å². The van der Waals surface area contributed by atoms with Gasteiger partial charge in [-0.15, -0.1) is 0 Å². The number of amides is 2. The highest BCUT2D eigenvalue weighted by molar-refractivity contribution is 5.91. The molecule has 7 heteroatoms. The summed E-state index contributed by atoms with van der Waals surface area (Å²) in [5.41, 5.74) is 2.76. The topological polar surface area (TPSA) is 79.6 Å². The van der Waals surface area contributed by atoms with Crippen molar-refractivity contribution in [3.05, 3.63) is 72.1 Å². The first-order chi connectivity index (χ1) is 16.0. The van der Waals surface area contributed by atoms with Gasteiger partial charge in [-0.2, -0.15) is 0 Å². The number of ether oxygens (including phenoxy) is 1. The van der Waals surface area contributed by atoms with Crippen molar-refractivity contribution in [3.8, 4) is 11.3 Å². The Hall–Kier alpha value is -3.16. The summed E-state index contributed by atoms with van der Waals surface area (Å²) < 4.78 is 11.2. The van der Waals surface area contributed by atoms with Crippen LogP contribution >= 0.6 is 0 Å². The molecule has 3 aromatic rings. The summed E-state index contributed by atoms with van der Waals surface area (Å²) in [6, 6.07) is 19.8. The fourth-order valence-electron chi connectivity index (χ4n) is 4.24. The predicted molar refractivity (Wildman–Crippen MR) is 129 cm³/mol. The second-order valence-corrected chi connectivity index (χ2v) is 8.73. The average Bonchev–Trinajstić information content (AvgIpc) is 3.43. The van der Waals surface area contributed by atoms with Crippen LogP contribution in [0.15, 0.2) is 65.1 Å². The van der Waals surface area contributed by atoms with Gasteiger partial charge in [0.05, 0.1) is 12.6 Å². The molecule has 0 spiro atoms. The lowest BCUT2D eigenvalue weighted by Crippen LogP contribution is -2.42. The van der Waals surface area contributed by atoms with Crippen molar-refractivity contribution < 1.29 is 13.9 Å². The number of nitrogens with zero attached hydrogens (tertiary/aromatic N) is 2. The summed E-state index contributed by atoms with van der Waals surface area (Å²) in [6.07, 6.45) is 0. The number of carbonyl (C=O) groups excluding carboxylic acids is 1. The minimum Gasteiger partial charge on any atom is -0.424 e. The van der Waals surface area contributed by atoms with E-state index in [2.05, 4.69) is 32.7 Å². The van der Waals surface area contributed by atoms with Gasteiger partial charge in [0.2, 0.25) is 5.88 Å². The number of hydrogen-bond donors (Lipinski definition) is 2. The maximum atomic E-state index is 13.1. The predicted octanol–water partition coefficient (Wildman–Crippen LogP) is 4.70. The van der Waals surface area contributed by atoms with Crippen molar-refractivity contribution in [2.45, 2.75) is 31.7 Å². The average molecular weight is 449 g/mol. The molecule has 0 aliphatic carbocycles. The van der Waals surface area contributed by atoms with E-state index in [1.807, 2.05) is 62.4 Å². The monoisotopic (exact) mass is 448 g/mol. The number of oxazole rings is 1. The van der Waals surface area contributed by atoms with E-state index in [1.54, 1.807) is 7.11 Å². The van der Waals surface area contributed by atoms with Gasteiger partial charge in [0.1, 0.15) is 5.69 Å². The van der Waals surface area contributed by atoms with Gasteiger partial charge in [-0.1, -0.05) is 74.5 Å². The molecule has 1 saturated heterocycles. The maximum Gasteiger partial charge on any atom is 0.321 e. The Bertz CT molecular complexity index is 1040. The number of urea groups is 1. The van der Waals surface area contributed by atoms with Crippen molar-refractivity contribution in [2.75, 3.05) is 38.7 Å². The molecule has 1 aliphatic heterocycles. The van der Waals surface area contributed by atoms with Crippen molar-refractivity contribution in [1.82, 2.24) is 15.2 Å². The zero-order valence-electron chi connectivity index (χ0n) is 19.5. The number of likely N-dealkylation sites (tertiary alicyclic amines) is 1. The van der Waals surface area contributed by atoms with Crippen LogP contribution in [-0.2, 0) is 4.74 Å². The summed E-state index contributed by atoms with van der Waals surface area (Å²) in [5, 5.41) is 6.10. The first-order valence-electron chi connectivity index (χ1n) is 11.4. The summed E-state index contributed by atoms with van der Waals surface area (Å²) in [7, 11) is 1.71. The largest absolute Gasteiger partial charge is 0.424 e. The number of hydrogen-bond acceptors (Lipinski definition) is 5. The molecule has 4 rings (SSSR count). The molecule has 2 atom stereocenters. The summed E-state index contributed by atoms with van der Waals surface area (Å²) >= 11 is 0. The van der Waals surface area contributed by atoms with Gasteiger partial charge in [0, 0.05) is 44.1 Å². The molecular formula is C26H32N4O3. The molecule has 33 heavy (non-hydrogen) atoms. The molecule has 2 aromatic carbocycles. The number of rotatable bonds is 8. The molecule has 0 bridgehead atoms. The minimum absolute atomic E-state index is 0.0306. The first kappa shape index (κ1) is 23.0. The van der Waals surface area contributed by atoms with Crippen molar-refractivity contribution in [3.63, 3.8) is 0 Å². The van der Waals surface area contributed by atoms with Crippen LogP contribution in [0.5, 0.6) is 0 Å². The molecule has 174 valence electrons. The molecule has 1 aliphatic rings. The molecule has 0 saturated carbocycles. The standard InChI is InChI=1S/C26H32N4O3/c1-18(2)24-28-23(20-12-8-5-9-13-20)25(33-24)29-26(31)27-22-17-30(14-15-32-3)16-21(22)19-10-6-4-7-11-19/h4-13,18,21-22H,14-17H2,1-3H3,(H2,27,29,31)/t21-,22+/m0/s1. The zero-order chi connectivity index (χ0) is 23.2. The molecule has 2 N–H and O–H groups in total. The van der Waals surface area contributed by atoms with Crippen LogP contribution in [0.2, 0.25) is 0 Å². The van der Waals surface area contributed by atoms with E-state index < -0.39 is 0 Å². The Balaban J connectivity index is 1.51. The first-order valence-corrected chi connectivity index (χ1v) is 11.4. The van der Waals surface area contributed by atoms with E-state index in [0.717, 1.165) is 25.2 Å². The van der Waals surface area contributed by atoms with Gasteiger partial charge in [-0.25, -0.2) is 9.78 Å². The minimum atomic E-state index is -0.293. The Kier molecular flexibility index (Phi) is 7.42. The van der Waals surface area contributed by atoms with Gasteiger partial charge < -0.3 is 14.5 Å². The molecule has 1 fully saturated rings. The van der Waals surface area contributed by atoms with Crippen LogP contribution in [-0.4, -0.2) is 55.3 Å². The van der Waals surface area contributed by atoms with E-state index in [9.17, 15) is 4.79 Å². The van der Waals surface area contributed by atoms with E-state index in [4.69, 9.17) is 9.15 Å². The smallest absolute Gasteiger partial charge is 0.321 e. The fraction of sp³-hybridized carbons (Fsp3) is 0.385. The van der Waals surface area contributed by atoms with Gasteiger partial charge >= 0.3 is 6.03 Å². The van der Waals surface area contributed by atoms with Crippen LogP contribution in [0, 0.1) is 0 Å². The third-order valence-electron chi connectivity index (χ3n) is 5.96. The summed E-state index contributed by atoms with van der Waals surface area (Å²) in [4.78, 5) is 20.0. The molecule has 1 aromatic heterocycles. The molecule has 7 nitrogen and oxygen atoms in total. The normalized spacial score (nSPS) is 18.5. The highest BCUT2D eigenvalue weighted by Crippen LogP contribution is 2.32. The maximum absolute atomic E-state index is 13.1. The quantitative estimate of drug-likeness (QED) is 0.522. The summed E-state index contributed by atoms with van der Waals surface area (Å²) in [6.45, 7) is 7.15. The number of aromatic nitrogens is 1. The number of nitrogens with one attached hydrogen (secondary N) is 2. The molecule has 0 radical (unpaired) electrons. The van der Waals surface area contributed by atoms with E-state index >= 15 is 0 Å². The van der Waals surface area contributed by atoms with Gasteiger partial charge in [0.25, 0.3) is 0 Å². The lowest BCUT2D eigenvalue weighted by Gasteiger charge is -2.20. The van der Waals surface area contributed by atoms with Crippen LogP contribution in [0.4, 0.5) is 10.7 Å². The number of anilines is 1. The Labute approximate surface area is 195 Å².